The van der Waals surface area contributed by atoms with E-state index < -0.39 is 0 Å². The molecule has 0 radical (unpaired) electrons. The van der Waals surface area contributed by atoms with Crippen LogP contribution in [0.15, 0.2) is 18.2 Å². The van der Waals surface area contributed by atoms with Gasteiger partial charge < -0.3 is 9.47 Å². The maximum atomic E-state index is 12.6. The van der Waals surface area contributed by atoms with Crippen molar-refractivity contribution in [1.29, 1.82) is 0 Å². The molecule has 1 aliphatic heterocycles. The van der Waals surface area contributed by atoms with E-state index in [1.807, 2.05) is 19.2 Å². The summed E-state index contributed by atoms with van der Waals surface area (Å²) in [7, 11) is 2.02. The molecule has 20 heavy (non-hydrogen) atoms. The number of fused-ring (bicyclic) bond motifs is 1. The highest BCUT2D eigenvalue weighted by Gasteiger charge is 2.24. The molecule has 0 aromatic heterocycles. The Balaban J connectivity index is 2.11. The van der Waals surface area contributed by atoms with Gasteiger partial charge in [0, 0.05) is 5.56 Å². The lowest BCUT2D eigenvalue weighted by Crippen LogP contribution is -2.38. The molecular weight excluding hydrogens is 254 g/mol. The van der Waals surface area contributed by atoms with Crippen LogP contribution in [0.5, 0.6) is 11.5 Å². The average Bonchev–Trinajstić information content (AvgIpc) is 2.92. The van der Waals surface area contributed by atoms with Gasteiger partial charge in [0.25, 0.3) is 0 Å². The van der Waals surface area contributed by atoms with E-state index in [-0.39, 0.29) is 18.6 Å². The standard InChI is InChI=1S/C16H23NO3/c1-4-6-9-17(3)13(5-2)16(18)12-7-8-14-15(10-12)20-11-19-14/h7-8,10,13H,4-6,9,11H2,1-3H3. The smallest absolute Gasteiger partial charge is 0.231 e. The third kappa shape index (κ3) is 3.12. The second kappa shape index (κ2) is 6.75. The van der Waals surface area contributed by atoms with Crippen LogP contribution in [-0.2, 0) is 0 Å². The van der Waals surface area contributed by atoms with Gasteiger partial charge in [0.05, 0.1) is 6.04 Å². The molecule has 110 valence electrons. The number of rotatable bonds is 7. The number of ketones is 1. The molecule has 1 aromatic carbocycles. The molecule has 0 saturated heterocycles. The molecule has 1 atom stereocenters. The zero-order chi connectivity index (χ0) is 14.5. The predicted octanol–water partition coefficient (Wildman–Crippen LogP) is 3.11. The van der Waals surface area contributed by atoms with Gasteiger partial charge in [-0.25, -0.2) is 0 Å². The summed E-state index contributed by atoms with van der Waals surface area (Å²) in [4.78, 5) is 14.8. The first-order valence-corrected chi connectivity index (χ1v) is 7.31. The second-order valence-electron chi connectivity index (χ2n) is 5.19. The van der Waals surface area contributed by atoms with Gasteiger partial charge in [-0.3, -0.25) is 9.69 Å². The lowest BCUT2D eigenvalue weighted by Gasteiger charge is -2.25. The Morgan fingerprint density at radius 3 is 2.75 bits per heavy atom. The highest BCUT2D eigenvalue weighted by Crippen LogP contribution is 2.33. The minimum atomic E-state index is -0.0677. The van der Waals surface area contributed by atoms with E-state index in [4.69, 9.17) is 9.47 Å². The normalized spacial score (nSPS) is 14.6. The van der Waals surface area contributed by atoms with Crippen LogP contribution in [0.3, 0.4) is 0 Å². The van der Waals surface area contributed by atoms with Gasteiger partial charge >= 0.3 is 0 Å². The van der Waals surface area contributed by atoms with Crippen molar-refractivity contribution in [2.75, 3.05) is 20.4 Å². The maximum Gasteiger partial charge on any atom is 0.231 e. The molecule has 2 rings (SSSR count). The molecule has 0 saturated carbocycles. The summed E-state index contributed by atoms with van der Waals surface area (Å²) in [5.74, 6) is 1.54. The Bertz CT molecular complexity index is 473. The Kier molecular flexibility index (Phi) is 5.01. The minimum absolute atomic E-state index is 0.0677. The SMILES string of the molecule is CCCCN(C)C(CC)C(=O)c1ccc2c(c1)OCO2. The molecule has 1 aromatic rings. The Labute approximate surface area is 120 Å². The van der Waals surface area contributed by atoms with E-state index in [9.17, 15) is 4.79 Å². The highest BCUT2D eigenvalue weighted by molar-refractivity contribution is 6.00. The Hall–Kier alpha value is -1.55. The van der Waals surface area contributed by atoms with Crippen LogP contribution in [0.2, 0.25) is 0 Å². The molecule has 0 bridgehead atoms. The van der Waals surface area contributed by atoms with Crippen LogP contribution in [0.1, 0.15) is 43.5 Å². The molecule has 1 heterocycles. The average molecular weight is 277 g/mol. The van der Waals surface area contributed by atoms with Crippen molar-refractivity contribution < 1.29 is 14.3 Å². The van der Waals surface area contributed by atoms with Crippen LogP contribution in [0, 0.1) is 0 Å². The molecule has 1 unspecified atom stereocenters. The number of likely N-dealkylation sites (N-methyl/N-ethyl adjacent to an activating group) is 1. The van der Waals surface area contributed by atoms with E-state index in [1.54, 1.807) is 6.07 Å². The van der Waals surface area contributed by atoms with Crippen LogP contribution in [0.25, 0.3) is 0 Å². The zero-order valence-electron chi connectivity index (χ0n) is 12.5. The van der Waals surface area contributed by atoms with Crippen molar-refractivity contribution in [1.82, 2.24) is 4.90 Å². The zero-order valence-corrected chi connectivity index (χ0v) is 12.5. The van der Waals surface area contributed by atoms with E-state index in [0.717, 1.165) is 25.8 Å². The number of carbonyl (C=O) groups is 1. The number of Topliss-reactive ketones (excluding diaryl/α,β-unsaturated/α-hetero) is 1. The predicted molar refractivity (Wildman–Crippen MR) is 78.5 cm³/mol. The summed E-state index contributed by atoms with van der Waals surface area (Å²) < 4.78 is 10.6. The molecule has 0 spiro atoms. The van der Waals surface area contributed by atoms with Crippen LogP contribution >= 0.6 is 0 Å². The summed E-state index contributed by atoms with van der Waals surface area (Å²) in [5.41, 5.74) is 0.699. The molecule has 0 N–H and O–H groups in total. The van der Waals surface area contributed by atoms with E-state index in [1.165, 1.54) is 0 Å². The van der Waals surface area contributed by atoms with Gasteiger partial charge in [0.15, 0.2) is 17.3 Å². The number of unbranched alkanes of at least 4 members (excludes halogenated alkanes) is 1. The summed E-state index contributed by atoms with van der Waals surface area (Å²) >= 11 is 0. The third-order valence-electron chi connectivity index (χ3n) is 3.74. The molecule has 4 heteroatoms. The fourth-order valence-electron chi connectivity index (χ4n) is 2.50. The van der Waals surface area contributed by atoms with Crippen LogP contribution in [-0.4, -0.2) is 37.1 Å². The van der Waals surface area contributed by atoms with Crippen molar-refractivity contribution in [3.05, 3.63) is 23.8 Å². The van der Waals surface area contributed by atoms with Crippen molar-refractivity contribution in [3.8, 4) is 11.5 Å². The maximum absolute atomic E-state index is 12.6. The number of nitrogens with zero attached hydrogens (tertiary/aromatic N) is 1. The first-order chi connectivity index (χ1) is 9.67. The van der Waals surface area contributed by atoms with Crippen molar-refractivity contribution in [3.63, 3.8) is 0 Å². The summed E-state index contributed by atoms with van der Waals surface area (Å²) in [5, 5.41) is 0. The van der Waals surface area contributed by atoms with Gasteiger partial charge in [-0.2, -0.15) is 0 Å². The Morgan fingerprint density at radius 1 is 1.30 bits per heavy atom. The quantitative estimate of drug-likeness (QED) is 0.718. The third-order valence-corrected chi connectivity index (χ3v) is 3.74. The molecule has 0 fully saturated rings. The molecular formula is C16H23NO3. The lowest BCUT2D eigenvalue weighted by atomic mass is 10.0. The van der Waals surface area contributed by atoms with Gasteiger partial charge in [-0.05, 0) is 44.6 Å². The molecule has 0 aliphatic carbocycles. The lowest BCUT2D eigenvalue weighted by molar-refractivity contribution is 0.0844. The number of ether oxygens (including phenoxy) is 2. The fourth-order valence-corrected chi connectivity index (χ4v) is 2.50. The highest BCUT2D eigenvalue weighted by atomic mass is 16.7. The first-order valence-electron chi connectivity index (χ1n) is 7.31. The number of carbonyl (C=O) groups excluding carboxylic acids is 1. The van der Waals surface area contributed by atoms with Crippen molar-refractivity contribution in [2.24, 2.45) is 0 Å². The molecule has 0 amide bonds. The topological polar surface area (TPSA) is 38.8 Å². The number of benzene rings is 1. The molecule has 1 aliphatic rings. The monoisotopic (exact) mass is 277 g/mol. The van der Waals surface area contributed by atoms with Crippen LogP contribution < -0.4 is 9.47 Å². The van der Waals surface area contributed by atoms with Crippen molar-refractivity contribution >= 4 is 5.78 Å². The number of hydrogen-bond donors (Lipinski definition) is 0. The van der Waals surface area contributed by atoms with Crippen LogP contribution in [0.4, 0.5) is 0 Å². The first kappa shape index (κ1) is 14.9. The second-order valence-corrected chi connectivity index (χ2v) is 5.19. The van der Waals surface area contributed by atoms with Gasteiger partial charge in [-0.1, -0.05) is 20.3 Å². The fraction of sp³-hybridized carbons (Fsp3) is 0.562. The van der Waals surface area contributed by atoms with Crippen molar-refractivity contribution in [2.45, 2.75) is 39.2 Å². The number of hydrogen-bond acceptors (Lipinski definition) is 4. The van der Waals surface area contributed by atoms with E-state index in [0.29, 0.717) is 17.1 Å². The Morgan fingerprint density at radius 2 is 2.05 bits per heavy atom. The van der Waals surface area contributed by atoms with E-state index in [2.05, 4.69) is 18.7 Å². The summed E-state index contributed by atoms with van der Waals surface area (Å²) in [6, 6.07) is 5.36. The molecule has 4 nitrogen and oxygen atoms in total. The van der Waals surface area contributed by atoms with E-state index >= 15 is 0 Å². The van der Waals surface area contributed by atoms with Gasteiger partial charge in [-0.15, -0.1) is 0 Å². The summed E-state index contributed by atoms with van der Waals surface area (Å²) in [6.45, 7) is 5.40. The van der Waals surface area contributed by atoms with Gasteiger partial charge in [0.2, 0.25) is 6.79 Å². The largest absolute Gasteiger partial charge is 0.454 e. The minimum Gasteiger partial charge on any atom is -0.454 e. The van der Waals surface area contributed by atoms with Gasteiger partial charge in [0.1, 0.15) is 0 Å². The summed E-state index contributed by atoms with van der Waals surface area (Å²) in [6.07, 6.45) is 3.06.